The van der Waals surface area contributed by atoms with Gasteiger partial charge in [-0.1, -0.05) is 11.2 Å². The average molecular weight is 635 g/mol. The van der Waals surface area contributed by atoms with Crippen molar-refractivity contribution < 1.29 is 33.5 Å². The van der Waals surface area contributed by atoms with Crippen LogP contribution in [0, 0.1) is 12.3 Å². The molecular formula is C26H30N6O7S3. The molecule has 0 spiro atoms. The van der Waals surface area contributed by atoms with Crippen molar-refractivity contribution in [1.29, 1.82) is 0 Å². The molecule has 3 N–H and O–H groups in total. The van der Waals surface area contributed by atoms with Gasteiger partial charge in [0.05, 0.1) is 16.6 Å². The largest absolute Gasteiger partial charge is 0.427 e. The molecule has 16 heteroatoms. The summed E-state index contributed by atoms with van der Waals surface area (Å²) in [6.07, 6.45) is 3.55. The van der Waals surface area contributed by atoms with Crippen molar-refractivity contribution in [2.75, 3.05) is 24.9 Å². The number of allylic oxidation sites excluding steroid dienone is 1. The molecule has 4 heterocycles. The van der Waals surface area contributed by atoms with Gasteiger partial charge in [-0.3, -0.25) is 19.3 Å². The van der Waals surface area contributed by atoms with Crippen LogP contribution in [0.5, 0.6) is 0 Å². The number of hydrogen-bond donors (Lipinski definition) is 2. The first-order valence-electron chi connectivity index (χ1n) is 12.7. The quantitative estimate of drug-likeness (QED) is 0.129. The van der Waals surface area contributed by atoms with E-state index >= 15 is 0 Å². The lowest BCUT2D eigenvalue weighted by Gasteiger charge is -2.49. The molecule has 2 aliphatic heterocycles. The van der Waals surface area contributed by atoms with Gasteiger partial charge in [0.1, 0.15) is 29.4 Å². The summed E-state index contributed by atoms with van der Waals surface area (Å²) in [5, 5.41) is 7.75. The van der Waals surface area contributed by atoms with Crippen molar-refractivity contribution in [3.8, 4) is 0 Å². The predicted octanol–water partition coefficient (Wildman–Crippen LogP) is 2.69. The summed E-state index contributed by atoms with van der Waals surface area (Å²) in [4.78, 5) is 67.6. The summed E-state index contributed by atoms with van der Waals surface area (Å²) in [6, 6.07) is -0.957. The normalized spacial score (nSPS) is 18.9. The zero-order valence-corrected chi connectivity index (χ0v) is 26.0. The van der Waals surface area contributed by atoms with Gasteiger partial charge < -0.3 is 25.4 Å². The van der Waals surface area contributed by atoms with Crippen molar-refractivity contribution >= 4 is 75.1 Å². The van der Waals surface area contributed by atoms with Gasteiger partial charge in [-0.2, -0.15) is 0 Å². The Hall–Kier alpha value is -3.76. The minimum absolute atomic E-state index is 0.00922. The zero-order chi connectivity index (χ0) is 30.6. The maximum atomic E-state index is 13.4. The van der Waals surface area contributed by atoms with Crippen LogP contribution in [0.3, 0.4) is 0 Å². The third-order valence-corrected chi connectivity index (χ3v) is 8.83. The van der Waals surface area contributed by atoms with Gasteiger partial charge in [0, 0.05) is 16.0 Å². The molecule has 224 valence electrons. The molecule has 0 radical (unpaired) electrons. The first kappa shape index (κ1) is 31.2. The fraction of sp³-hybridized carbons (Fsp3) is 0.423. The lowest BCUT2D eigenvalue weighted by Crippen LogP contribution is -2.71. The lowest BCUT2D eigenvalue weighted by atomic mass is 9.98. The second kappa shape index (κ2) is 13.0. The number of hydrogen-bond acceptors (Lipinski definition) is 14. The molecule has 2 aromatic heterocycles. The Kier molecular flexibility index (Phi) is 9.68. The minimum Gasteiger partial charge on any atom is -0.427 e. The highest BCUT2D eigenvalue weighted by atomic mass is 32.2. The second-order valence-corrected chi connectivity index (χ2v) is 12.9. The Morgan fingerprint density at radius 3 is 2.62 bits per heavy atom. The molecule has 2 atom stereocenters. The van der Waals surface area contributed by atoms with Crippen LogP contribution in [0.4, 0.5) is 5.13 Å². The summed E-state index contributed by atoms with van der Waals surface area (Å²) in [7, 11) is 0. The molecule has 1 unspecified atom stereocenters. The van der Waals surface area contributed by atoms with Crippen LogP contribution in [0.25, 0.3) is 6.08 Å². The molecule has 1 fully saturated rings. The van der Waals surface area contributed by atoms with Crippen LogP contribution in [0.15, 0.2) is 33.4 Å². The number of esters is 2. The van der Waals surface area contributed by atoms with Crippen LogP contribution >= 0.6 is 34.4 Å². The number of thiazole rings is 2. The number of nitrogens with zero attached hydrogens (tertiary/aromatic N) is 4. The highest BCUT2D eigenvalue weighted by Crippen LogP contribution is 2.41. The fourth-order valence-corrected chi connectivity index (χ4v) is 6.33. The number of nitrogens with one attached hydrogen (secondary N) is 1. The number of fused-ring (bicyclic) bond motifs is 1. The van der Waals surface area contributed by atoms with E-state index in [9.17, 15) is 19.2 Å². The number of nitrogens with two attached hydrogens (primary N) is 1. The number of anilines is 1. The monoisotopic (exact) mass is 634 g/mol. The van der Waals surface area contributed by atoms with E-state index in [1.54, 1.807) is 44.7 Å². The number of β-lactam (4-membered cyclic amide) rings is 1. The van der Waals surface area contributed by atoms with E-state index in [0.29, 0.717) is 11.3 Å². The van der Waals surface area contributed by atoms with Gasteiger partial charge in [0.25, 0.3) is 11.8 Å². The van der Waals surface area contributed by atoms with Gasteiger partial charge in [-0.05, 0) is 46.3 Å². The number of thioether (sulfide) groups is 1. The number of aromatic nitrogens is 2. The first-order valence-corrected chi connectivity index (χ1v) is 15.6. The Bertz CT molecular complexity index is 1470. The topological polar surface area (TPSA) is 175 Å². The molecule has 13 nitrogen and oxygen atoms in total. The molecule has 0 saturated carbocycles. The lowest BCUT2D eigenvalue weighted by molar-refractivity contribution is -0.173. The molecule has 0 aromatic carbocycles. The summed E-state index contributed by atoms with van der Waals surface area (Å²) in [5.41, 5.74) is 8.09. The second-order valence-electron chi connectivity index (χ2n) is 10.0. The number of nitrogen functional groups attached to an aromatic ring is 1. The van der Waals surface area contributed by atoms with Gasteiger partial charge in [0.2, 0.25) is 6.79 Å². The number of carbonyl (C=O) groups is 4. The smallest absolute Gasteiger partial charge is 0.358 e. The van der Waals surface area contributed by atoms with E-state index in [2.05, 4.69) is 20.4 Å². The van der Waals surface area contributed by atoms with Gasteiger partial charge >= 0.3 is 11.9 Å². The van der Waals surface area contributed by atoms with E-state index < -0.39 is 47.4 Å². The van der Waals surface area contributed by atoms with Crippen LogP contribution in [-0.2, 0) is 33.5 Å². The van der Waals surface area contributed by atoms with Gasteiger partial charge in [-0.25, -0.2) is 14.8 Å². The molecule has 2 aromatic rings. The molecule has 0 aliphatic carbocycles. The maximum Gasteiger partial charge on any atom is 0.358 e. The number of amides is 2. The Morgan fingerprint density at radius 2 is 2.00 bits per heavy atom. The van der Waals surface area contributed by atoms with Crippen LogP contribution < -0.4 is 11.1 Å². The van der Waals surface area contributed by atoms with Crippen LogP contribution in [-0.4, -0.2) is 74.9 Å². The molecule has 0 bridgehead atoms. The number of ether oxygens (including phenoxy) is 2. The third-order valence-electron chi connectivity index (χ3n) is 5.95. The Balaban J connectivity index is 1.55. The minimum atomic E-state index is -0.957. The standard InChI is InChI=1S/C26H30N6O7S3/c1-6-39-31-17(15-10-41-25(27)29-15)20(33)30-18-21(34)32-19(23(35)37-12-38-24(36)26(3,4)5)14(9-40-22(18)32)7-8-16-13(2)28-11-42-16/h7-8,10-11,18,22H,6,9,12H2,1-5H3,(H2,27,29)(H,30,33)/b8-7+,31-17-/t18?,22-/m1/s1. The molecule has 2 amide bonds. The van der Waals surface area contributed by atoms with Crippen LogP contribution in [0.2, 0.25) is 0 Å². The molecule has 2 aliphatic rings. The van der Waals surface area contributed by atoms with Crippen molar-refractivity contribution in [3.63, 3.8) is 0 Å². The zero-order valence-electron chi connectivity index (χ0n) is 23.5. The van der Waals surface area contributed by atoms with Gasteiger partial charge in [-0.15, -0.1) is 34.4 Å². The van der Waals surface area contributed by atoms with Gasteiger partial charge in [0.15, 0.2) is 10.8 Å². The first-order chi connectivity index (χ1) is 19.9. The fourth-order valence-electron chi connectivity index (χ4n) is 3.77. The number of aryl methyl sites for hydroxylation is 1. The highest BCUT2D eigenvalue weighted by Gasteiger charge is 2.54. The highest BCUT2D eigenvalue weighted by molar-refractivity contribution is 8.00. The Labute approximate surface area is 254 Å². The number of carbonyl (C=O) groups excluding carboxylic acids is 4. The number of rotatable bonds is 10. The third kappa shape index (κ3) is 6.82. The maximum absolute atomic E-state index is 13.4. The summed E-state index contributed by atoms with van der Waals surface area (Å²) >= 11 is 3.94. The molecule has 1 saturated heterocycles. The molecule has 4 rings (SSSR count). The van der Waals surface area contributed by atoms with E-state index in [4.69, 9.17) is 20.0 Å². The van der Waals surface area contributed by atoms with Crippen LogP contribution in [0.1, 0.15) is 44.0 Å². The van der Waals surface area contributed by atoms with Crippen molar-refractivity contribution in [3.05, 3.63) is 44.5 Å². The number of oxime groups is 1. The van der Waals surface area contributed by atoms with E-state index in [1.165, 1.54) is 28.0 Å². The summed E-state index contributed by atoms with van der Waals surface area (Å²) in [6.45, 7) is 8.20. The molecular weight excluding hydrogens is 605 g/mol. The Morgan fingerprint density at radius 1 is 1.24 bits per heavy atom. The summed E-state index contributed by atoms with van der Waals surface area (Å²) in [5.74, 6) is -2.24. The van der Waals surface area contributed by atoms with Crippen molar-refractivity contribution in [1.82, 2.24) is 20.2 Å². The van der Waals surface area contributed by atoms with Crippen molar-refractivity contribution in [2.45, 2.75) is 46.0 Å². The molecule has 42 heavy (non-hydrogen) atoms. The summed E-state index contributed by atoms with van der Waals surface area (Å²) < 4.78 is 10.4. The van der Waals surface area contributed by atoms with Crippen molar-refractivity contribution in [2.24, 2.45) is 10.6 Å². The van der Waals surface area contributed by atoms with E-state index in [-0.39, 0.29) is 28.8 Å². The predicted molar refractivity (Wildman–Crippen MR) is 159 cm³/mol. The average Bonchev–Trinajstić information content (AvgIpc) is 3.56. The SMILES string of the molecule is CCO/N=C(\C(=O)NC1C(=O)N2C(C(=O)OCOC(=O)C(C)(C)C)=C(/C=C/c3scnc3C)CS[C@H]12)c1csc(N)n1. The van der Waals surface area contributed by atoms with E-state index in [1.807, 2.05) is 13.0 Å². The van der Waals surface area contributed by atoms with E-state index in [0.717, 1.165) is 21.9 Å².